The predicted octanol–water partition coefficient (Wildman–Crippen LogP) is -0.112. The van der Waals surface area contributed by atoms with Crippen LogP contribution >= 0.6 is 0 Å². The molecular formula is C12H16N2O5S. The zero-order chi connectivity index (χ0) is 15.2. The van der Waals surface area contributed by atoms with Crippen molar-refractivity contribution in [2.75, 3.05) is 20.2 Å². The van der Waals surface area contributed by atoms with Crippen molar-refractivity contribution in [3.05, 3.63) is 29.8 Å². The van der Waals surface area contributed by atoms with Gasteiger partial charge in [0, 0.05) is 6.54 Å². The normalized spacial score (nSPS) is 10.9. The van der Waals surface area contributed by atoms with Gasteiger partial charge in [0.2, 0.25) is 15.9 Å². The highest BCUT2D eigenvalue weighted by atomic mass is 32.2. The number of esters is 1. The van der Waals surface area contributed by atoms with Crippen LogP contribution in [0, 0.1) is 0 Å². The van der Waals surface area contributed by atoms with E-state index in [0.29, 0.717) is 6.54 Å². The summed E-state index contributed by atoms with van der Waals surface area (Å²) in [5.74, 6) is -1.21. The molecule has 0 radical (unpaired) electrons. The van der Waals surface area contributed by atoms with Crippen LogP contribution in [0.3, 0.4) is 0 Å². The molecule has 0 spiro atoms. The van der Waals surface area contributed by atoms with Gasteiger partial charge < -0.3 is 10.1 Å². The molecule has 110 valence electrons. The standard InChI is InChI=1S/C12H16N2O5S/c1-3-13-11(15)8-14-20(17,18)10-7-5-4-6-9(10)12(16)19-2/h4-7,14H,3,8H2,1-2H3,(H,13,15). The van der Waals surface area contributed by atoms with Gasteiger partial charge in [0.25, 0.3) is 0 Å². The summed E-state index contributed by atoms with van der Waals surface area (Å²) >= 11 is 0. The van der Waals surface area contributed by atoms with E-state index >= 15 is 0 Å². The Bertz CT molecular complexity index is 598. The first kappa shape index (κ1) is 16.1. The van der Waals surface area contributed by atoms with Crippen molar-refractivity contribution in [3.8, 4) is 0 Å². The van der Waals surface area contributed by atoms with E-state index < -0.39 is 28.4 Å². The minimum Gasteiger partial charge on any atom is -0.465 e. The maximum Gasteiger partial charge on any atom is 0.339 e. The molecule has 2 N–H and O–H groups in total. The molecule has 0 atom stereocenters. The number of carbonyl (C=O) groups excluding carboxylic acids is 2. The SMILES string of the molecule is CCNC(=O)CNS(=O)(=O)c1ccccc1C(=O)OC. The largest absolute Gasteiger partial charge is 0.465 e. The summed E-state index contributed by atoms with van der Waals surface area (Å²) in [5, 5.41) is 2.46. The van der Waals surface area contributed by atoms with Gasteiger partial charge in [-0.3, -0.25) is 4.79 Å². The van der Waals surface area contributed by atoms with E-state index in [1.807, 2.05) is 0 Å². The van der Waals surface area contributed by atoms with E-state index in [1.54, 1.807) is 6.92 Å². The molecule has 20 heavy (non-hydrogen) atoms. The maximum absolute atomic E-state index is 12.1. The second-order valence-corrected chi connectivity index (χ2v) is 5.50. The summed E-state index contributed by atoms with van der Waals surface area (Å²) in [7, 11) is -2.81. The molecule has 8 heteroatoms. The first-order valence-electron chi connectivity index (χ1n) is 5.86. The Labute approximate surface area is 117 Å². The van der Waals surface area contributed by atoms with E-state index in [-0.39, 0.29) is 10.5 Å². The third-order valence-electron chi connectivity index (χ3n) is 2.38. The zero-order valence-electron chi connectivity index (χ0n) is 11.2. The number of hydrogen-bond donors (Lipinski definition) is 2. The fraction of sp³-hybridized carbons (Fsp3) is 0.333. The van der Waals surface area contributed by atoms with Crippen LogP contribution in [-0.2, 0) is 19.6 Å². The van der Waals surface area contributed by atoms with Crippen LogP contribution in [0.5, 0.6) is 0 Å². The topological polar surface area (TPSA) is 102 Å². The number of nitrogens with one attached hydrogen (secondary N) is 2. The van der Waals surface area contributed by atoms with Crippen LogP contribution in [0.4, 0.5) is 0 Å². The van der Waals surface area contributed by atoms with Gasteiger partial charge in [-0.05, 0) is 19.1 Å². The summed E-state index contributed by atoms with van der Waals surface area (Å²) in [5.41, 5.74) is -0.0848. The fourth-order valence-electron chi connectivity index (χ4n) is 1.48. The zero-order valence-corrected chi connectivity index (χ0v) is 12.0. The molecule has 0 saturated heterocycles. The van der Waals surface area contributed by atoms with Crippen molar-refractivity contribution >= 4 is 21.9 Å². The highest BCUT2D eigenvalue weighted by molar-refractivity contribution is 7.89. The molecule has 0 heterocycles. The Hall–Kier alpha value is -1.93. The first-order chi connectivity index (χ1) is 9.42. The second-order valence-electron chi connectivity index (χ2n) is 3.77. The molecule has 0 fully saturated rings. The van der Waals surface area contributed by atoms with Crippen molar-refractivity contribution in [3.63, 3.8) is 0 Å². The van der Waals surface area contributed by atoms with Crippen LogP contribution in [0.25, 0.3) is 0 Å². The highest BCUT2D eigenvalue weighted by Crippen LogP contribution is 2.15. The molecule has 0 unspecified atom stereocenters. The average Bonchev–Trinajstić information content (AvgIpc) is 2.45. The lowest BCUT2D eigenvalue weighted by atomic mass is 10.2. The minimum absolute atomic E-state index is 0.0848. The Morgan fingerprint density at radius 3 is 2.50 bits per heavy atom. The predicted molar refractivity (Wildman–Crippen MR) is 71.7 cm³/mol. The van der Waals surface area contributed by atoms with Crippen molar-refractivity contribution < 1.29 is 22.7 Å². The van der Waals surface area contributed by atoms with E-state index in [1.165, 1.54) is 24.3 Å². The Kier molecular flexibility index (Phi) is 5.66. The van der Waals surface area contributed by atoms with Crippen molar-refractivity contribution in [1.82, 2.24) is 10.0 Å². The molecule has 1 rings (SSSR count). The Balaban J connectivity index is 2.98. The summed E-state index contributed by atoms with van der Waals surface area (Å²) in [4.78, 5) is 22.6. The summed E-state index contributed by atoms with van der Waals surface area (Å²) in [6.45, 7) is 1.73. The molecule has 1 amide bonds. The van der Waals surface area contributed by atoms with Gasteiger partial charge in [0.05, 0.1) is 24.1 Å². The number of hydrogen-bond acceptors (Lipinski definition) is 5. The maximum atomic E-state index is 12.1. The Morgan fingerprint density at radius 1 is 1.25 bits per heavy atom. The molecule has 7 nitrogen and oxygen atoms in total. The third-order valence-corrected chi connectivity index (χ3v) is 3.84. The van der Waals surface area contributed by atoms with Gasteiger partial charge in [-0.25, -0.2) is 17.9 Å². The summed E-state index contributed by atoms with van der Waals surface area (Å²) in [6, 6.07) is 5.61. The van der Waals surface area contributed by atoms with Crippen molar-refractivity contribution in [2.45, 2.75) is 11.8 Å². The van der Waals surface area contributed by atoms with Gasteiger partial charge in [0.15, 0.2) is 0 Å². The van der Waals surface area contributed by atoms with Gasteiger partial charge in [0.1, 0.15) is 0 Å². The van der Waals surface area contributed by atoms with Crippen molar-refractivity contribution in [1.29, 1.82) is 0 Å². The molecule has 0 aliphatic heterocycles. The summed E-state index contributed by atoms with van der Waals surface area (Å²) < 4.78 is 30.8. The monoisotopic (exact) mass is 300 g/mol. The molecule has 0 aliphatic rings. The van der Waals surface area contributed by atoms with Crippen LogP contribution in [0.2, 0.25) is 0 Å². The molecule has 0 saturated carbocycles. The highest BCUT2D eigenvalue weighted by Gasteiger charge is 2.22. The van der Waals surface area contributed by atoms with Crippen LogP contribution < -0.4 is 10.0 Å². The molecule has 0 aromatic heterocycles. The van der Waals surface area contributed by atoms with Gasteiger partial charge in [-0.2, -0.15) is 0 Å². The number of methoxy groups -OCH3 is 1. The quantitative estimate of drug-likeness (QED) is 0.714. The second kappa shape index (κ2) is 7.01. The smallest absolute Gasteiger partial charge is 0.339 e. The first-order valence-corrected chi connectivity index (χ1v) is 7.34. The van der Waals surface area contributed by atoms with E-state index in [2.05, 4.69) is 14.8 Å². The van der Waals surface area contributed by atoms with Gasteiger partial charge in [-0.15, -0.1) is 0 Å². The summed E-state index contributed by atoms with van der Waals surface area (Å²) in [6.07, 6.45) is 0. The van der Waals surface area contributed by atoms with Crippen LogP contribution in [-0.4, -0.2) is 40.5 Å². The molecule has 1 aromatic carbocycles. The average molecular weight is 300 g/mol. The third kappa shape index (κ3) is 4.04. The van der Waals surface area contributed by atoms with E-state index in [0.717, 1.165) is 7.11 Å². The number of amides is 1. The van der Waals surface area contributed by atoms with E-state index in [9.17, 15) is 18.0 Å². The number of ether oxygens (including phenoxy) is 1. The van der Waals surface area contributed by atoms with E-state index in [4.69, 9.17) is 0 Å². The number of benzene rings is 1. The number of sulfonamides is 1. The van der Waals surface area contributed by atoms with Crippen LogP contribution in [0.15, 0.2) is 29.2 Å². The molecular weight excluding hydrogens is 284 g/mol. The lowest BCUT2D eigenvalue weighted by Gasteiger charge is -2.10. The van der Waals surface area contributed by atoms with Gasteiger partial charge in [-0.1, -0.05) is 12.1 Å². The molecule has 0 bridgehead atoms. The minimum atomic E-state index is -3.97. The van der Waals surface area contributed by atoms with Crippen molar-refractivity contribution in [2.24, 2.45) is 0 Å². The molecule has 1 aromatic rings. The Morgan fingerprint density at radius 2 is 1.90 bits per heavy atom. The lowest BCUT2D eigenvalue weighted by molar-refractivity contribution is -0.119. The number of carbonyl (C=O) groups is 2. The number of rotatable bonds is 6. The molecule has 0 aliphatic carbocycles. The number of likely N-dealkylation sites (N-methyl/N-ethyl adjacent to an activating group) is 1. The lowest BCUT2D eigenvalue weighted by Crippen LogP contribution is -2.37. The van der Waals surface area contributed by atoms with Gasteiger partial charge >= 0.3 is 5.97 Å². The van der Waals surface area contributed by atoms with Crippen LogP contribution in [0.1, 0.15) is 17.3 Å². The fourth-order valence-corrected chi connectivity index (χ4v) is 2.65.